The smallest absolute Gasteiger partial charge is 0.338 e. The predicted molar refractivity (Wildman–Crippen MR) is 205 cm³/mol. The van der Waals surface area contributed by atoms with Crippen LogP contribution in [-0.4, -0.2) is 92.0 Å². The molecule has 15 atom stereocenters. The van der Waals surface area contributed by atoms with E-state index in [0.717, 1.165) is 25.7 Å². The fourth-order valence-corrected chi connectivity index (χ4v) is 9.05. The monoisotopic (exact) mass is 749 g/mol. The topological polar surface area (TPSA) is 130 Å². The molecule has 10 nitrogen and oxygen atoms in total. The average molecular weight is 749 g/mol. The van der Waals surface area contributed by atoms with Crippen molar-refractivity contribution in [3.8, 4) is 0 Å². The van der Waals surface area contributed by atoms with Gasteiger partial charge in [0.15, 0.2) is 11.9 Å². The first-order chi connectivity index (χ1) is 25.0. The van der Waals surface area contributed by atoms with Crippen LogP contribution in [0.1, 0.15) is 118 Å². The highest BCUT2D eigenvalue weighted by Gasteiger charge is 2.54. The fraction of sp³-hybridized carbons (Fsp3) is 0.814. The highest BCUT2D eigenvalue weighted by atomic mass is 16.7. The van der Waals surface area contributed by atoms with Crippen LogP contribution >= 0.6 is 0 Å². The molecule has 1 aromatic rings. The van der Waals surface area contributed by atoms with Crippen LogP contribution in [0.25, 0.3) is 0 Å². The highest BCUT2D eigenvalue weighted by Crippen LogP contribution is 2.45. The second-order valence-corrected chi connectivity index (χ2v) is 17.0. The van der Waals surface area contributed by atoms with E-state index >= 15 is 0 Å². The molecule has 2 saturated heterocycles. The molecule has 2 fully saturated rings. The number of cyclic esters (lactones) is 1. The summed E-state index contributed by atoms with van der Waals surface area (Å²) in [5, 5.41) is 23.4. The summed E-state index contributed by atoms with van der Waals surface area (Å²) in [4.78, 5) is 27.2. The predicted octanol–water partition coefficient (Wildman–Crippen LogP) is 7.47. The lowest BCUT2D eigenvalue weighted by Gasteiger charge is -2.52. The van der Waals surface area contributed by atoms with Crippen LogP contribution in [0.15, 0.2) is 30.3 Å². The van der Waals surface area contributed by atoms with Gasteiger partial charge in [0.25, 0.3) is 0 Å². The van der Waals surface area contributed by atoms with Crippen molar-refractivity contribution in [2.75, 3.05) is 21.3 Å². The maximum Gasteiger partial charge on any atom is 0.338 e. The van der Waals surface area contributed by atoms with Crippen molar-refractivity contribution >= 4 is 11.9 Å². The van der Waals surface area contributed by atoms with E-state index in [4.69, 9.17) is 28.4 Å². The quantitative estimate of drug-likeness (QED) is 0.233. The third kappa shape index (κ3) is 11.7. The van der Waals surface area contributed by atoms with Gasteiger partial charge >= 0.3 is 11.9 Å². The van der Waals surface area contributed by atoms with Crippen molar-refractivity contribution in [3.05, 3.63) is 35.9 Å². The van der Waals surface area contributed by atoms with Gasteiger partial charge in [0.2, 0.25) is 0 Å². The second-order valence-electron chi connectivity index (χ2n) is 17.0. The molecule has 0 spiro atoms. The van der Waals surface area contributed by atoms with Crippen molar-refractivity contribution in [2.24, 2.45) is 47.3 Å². The molecule has 1 aromatic carbocycles. The Balaban J connectivity index is 1.94. The Hall–Kier alpha value is -2.08. The molecule has 0 amide bonds. The van der Waals surface area contributed by atoms with Gasteiger partial charge in [-0.05, 0) is 67.4 Å². The van der Waals surface area contributed by atoms with E-state index in [2.05, 4.69) is 41.5 Å². The summed E-state index contributed by atoms with van der Waals surface area (Å²) in [5.41, 5.74) is 0.462. The molecule has 2 aliphatic heterocycles. The Bertz CT molecular complexity index is 1240. The van der Waals surface area contributed by atoms with Gasteiger partial charge < -0.3 is 38.6 Å². The number of aliphatic hydroxyl groups is 2. The highest BCUT2D eigenvalue weighted by molar-refractivity contribution is 5.89. The number of ether oxygens (including phenoxy) is 6. The van der Waals surface area contributed by atoms with Crippen LogP contribution in [0.3, 0.4) is 0 Å². The van der Waals surface area contributed by atoms with E-state index in [-0.39, 0.29) is 42.1 Å². The molecular weight excluding hydrogens is 676 g/mol. The normalized spacial score (nSPS) is 37.3. The maximum atomic E-state index is 13.9. The summed E-state index contributed by atoms with van der Waals surface area (Å²) in [6, 6.07) is 8.92. The van der Waals surface area contributed by atoms with E-state index in [0.29, 0.717) is 24.3 Å². The van der Waals surface area contributed by atoms with E-state index in [9.17, 15) is 19.8 Å². The maximum absolute atomic E-state index is 13.9. The van der Waals surface area contributed by atoms with Crippen LogP contribution in [0.2, 0.25) is 0 Å². The van der Waals surface area contributed by atoms with E-state index in [1.807, 2.05) is 26.8 Å². The van der Waals surface area contributed by atoms with Gasteiger partial charge in [-0.25, -0.2) is 9.59 Å². The Morgan fingerprint density at radius 1 is 0.849 bits per heavy atom. The van der Waals surface area contributed by atoms with Gasteiger partial charge in [-0.2, -0.15) is 0 Å². The molecule has 0 radical (unpaired) electrons. The Kier molecular flexibility index (Phi) is 17.7. The lowest BCUT2D eigenvalue weighted by molar-refractivity contribution is -0.338. The molecule has 0 aliphatic carbocycles. The van der Waals surface area contributed by atoms with Crippen LogP contribution in [0.5, 0.6) is 0 Å². The van der Waals surface area contributed by atoms with Gasteiger partial charge in [-0.3, -0.25) is 0 Å². The zero-order chi connectivity index (χ0) is 39.6. The van der Waals surface area contributed by atoms with Crippen LogP contribution in [0.4, 0.5) is 0 Å². The largest absolute Gasteiger partial charge is 0.458 e. The second kappa shape index (κ2) is 20.7. The number of esters is 2. The zero-order valence-corrected chi connectivity index (χ0v) is 34.7. The third-order valence-electron chi connectivity index (χ3n) is 12.4. The average Bonchev–Trinajstić information content (AvgIpc) is 3.14. The fourth-order valence-electron chi connectivity index (χ4n) is 9.05. The zero-order valence-electron chi connectivity index (χ0n) is 34.7. The van der Waals surface area contributed by atoms with Crippen molar-refractivity contribution in [1.29, 1.82) is 0 Å². The van der Waals surface area contributed by atoms with Crippen molar-refractivity contribution in [3.63, 3.8) is 0 Å². The molecule has 3 unspecified atom stereocenters. The molecule has 0 bridgehead atoms. The SMILES string of the molecule is COC1CC(C)C[C@@H](C)[C@@H](O)[C@H](C)CC(C)CCC[C@H](OC)[C@@H]([C@@H](C)[C@@H](O)[C@H](C)[C@@]2(OC)C[C@@H](OC(=O)c3ccccc3)[C@H](C)[C@@H](C(C)C)O2)OC1=O. The van der Waals surface area contributed by atoms with Gasteiger partial charge in [0, 0.05) is 45.5 Å². The van der Waals surface area contributed by atoms with Crippen LogP contribution in [-0.2, 0) is 33.2 Å². The van der Waals surface area contributed by atoms with Crippen LogP contribution < -0.4 is 0 Å². The van der Waals surface area contributed by atoms with Crippen LogP contribution in [0, 0.1) is 47.3 Å². The Labute approximate surface area is 320 Å². The minimum atomic E-state index is -1.31. The Morgan fingerprint density at radius 3 is 2.04 bits per heavy atom. The standard InChI is InChI=1S/C43H72O10/c1-25(2)39-30(7)36(51-41(46)33-18-14-13-15-19-33)24-43(50-12,53-39)32(9)38(45)31(8)40-34(48-10)20-16-17-26(3)21-28(5)37(44)29(6)22-27(4)23-35(49-11)42(47)52-40/h13-15,18-19,25-32,34-40,44-45H,16-17,20-24H2,1-12H3/t26?,27?,28-,29-,30+,31+,32+,34+,35?,36-,37+,38-,39-,40-,43-/m1/s1. The van der Waals surface area contributed by atoms with Gasteiger partial charge in [0.1, 0.15) is 12.2 Å². The molecule has 53 heavy (non-hydrogen) atoms. The van der Waals surface area contributed by atoms with E-state index in [1.54, 1.807) is 38.5 Å². The van der Waals surface area contributed by atoms with E-state index in [1.165, 1.54) is 7.11 Å². The molecule has 304 valence electrons. The third-order valence-corrected chi connectivity index (χ3v) is 12.4. The Morgan fingerprint density at radius 2 is 1.47 bits per heavy atom. The molecule has 0 saturated carbocycles. The summed E-state index contributed by atoms with van der Waals surface area (Å²) >= 11 is 0. The van der Waals surface area contributed by atoms with Gasteiger partial charge in [-0.15, -0.1) is 0 Å². The molecule has 3 rings (SSSR count). The van der Waals surface area contributed by atoms with Crippen molar-refractivity contribution < 1.29 is 48.2 Å². The molecular formula is C43H72O10. The summed E-state index contributed by atoms with van der Waals surface area (Å²) < 4.78 is 37.3. The van der Waals surface area contributed by atoms with Crippen molar-refractivity contribution in [2.45, 2.75) is 156 Å². The number of rotatable bonds is 10. The number of methoxy groups -OCH3 is 3. The first-order valence-corrected chi connectivity index (χ1v) is 20.1. The summed E-state index contributed by atoms with van der Waals surface area (Å²) in [7, 11) is 4.69. The number of aliphatic hydroxyl groups excluding tert-OH is 2. The first kappa shape index (κ1) is 45.3. The summed E-state index contributed by atoms with van der Waals surface area (Å²) in [5.74, 6) is -2.81. The molecule has 2 heterocycles. The lowest BCUT2D eigenvalue weighted by atomic mass is 9.75. The number of benzene rings is 1. The van der Waals surface area contributed by atoms with Gasteiger partial charge in [0.05, 0.1) is 30.0 Å². The summed E-state index contributed by atoms with van der Waals surface area (Å²) in [6.45, 7) is 18.4. The molecule has 2 N–H and O–H groups in total. The number of hydrogen-bond donors (Lipinski definition) is 2. The first-order valence-electron chi connectivity index (χ1n) is 20.1. The molecule has 0 aromatic heterocycles. The van der Waals surface area contributed by atoms with Crippen molar-refractivity contribution in [1.82, 2.24) is 0 Å². The lowest BCUT2D eigenvalue weighted by Crippen LogP contribution is -2.60. The molecule has 2 aliphatic rings. The molecule has 10 heteroatoms. The number of carbonyl (C=O) groups is 2. The van der Waals surface area contributed by atoms with E-state index < -0.39 is 66.2 Å². The summed E-state index contributed by atoms with van der Waals surface area (Å²) in [6.07, 6.45) is 0.205. The minimum Gasteiger partial charge on any atom is -0.458 e. The number of carbonyl (C=O) groups excluding carboxylic acids is 2. The van der Waals surface area contributed by atoms with Gasteiger partial charge in [-0.1, -0.05) is 93.4 Å². The number of hydrogen-bond acceptors (Lipinski definition) is 10. The minimum absolute atomic E-state index is 0.0661.